The Morgan fingerprint density at radius 1 is 1.50 bits per heavy atom. The minimum absolute atomic E-state index is 0.382. The van der Waals surface area contributed by atoms with Gasteiger partial charge in [0.2, 0.25) is 0 Å². The zero-order valence-electron chi connectivity index (χ0n) is 8.23. The molecule has 0 radical (unpaired) electrons. The van der Waals surface area contributed by atoms with Crippen molar-refractivity contribution < 1.29 is 0 Å². The lowest BCUT2D eigenvalue weighted by atomic mass is 10.2. The van der Waals surface area contributed by atoms with E-state index in [4.69, 9.17) is 11.0 Å². The first kappa shape index (κ1) is 10.1. The molecule has 0 aliphatic heterocycles. The molecule has 0 unspecified atom stereocenters. The highest BCUT2D eigenvalue weighted by Gasteiger charge is 2.08. The number of hydrogen-bond acceptors (Lipinski definition) is 2. The second kappa shape index (κ2) is 4.28. The van der Waals surface area contributed by atoms with E-state index in [-0.39, 0.29) is 0 Å². The summed E-state index contributed by atoms with van der Waals surface area (Å²) < 4.78 is 0. The monoisotopic (exact) mass is 188 g/mol. The highest BCUT2D eigenvalue weighted by Crippen LogP contribution is 2.17. The Labute approximate surface area is 83.3 Å². The maximum atomic E-state index is 8.86. The van der Waals surface area contributed by atoms with Crippen molar-refractivity contribution in [2.45, 2.75) is 0 Å². The number of rotatable bonds is 1. The van der Waals surface area contributed by atoms with Crippen LogP contribution in [-0.2, 0) is 0 Å². The van der Waals surface area contributed by atoms with Gasteiger partial charge in [0, 0.05) is 14.1 Å². The van der Waals surface area contributed by atoms with E-state index in [0.717, 1.165) is 5.69 Å². The van der Waals surface area contributed by atoms with Gasteiger partial charge in [0.1, 0.15) is 6.07 Å². The number of guanidine groups is 1. The van der Waals surface area contributed by atoms with Gasteiger partial charge in [-0.25, -0.2) is 0 Å². The van der Waals surface area contributed by atoms with E-state index in [1.807, 2.05) is 18.2 Å². The summed E-state index contributed by atoms with van der Waals surface area (Å²) in [5.41, 5.74) is 6.99. The van der Waals surface area contributed by atoms with Crippen LogP contribution in [-0.4, -0.2) is 20.1 Å². The third-order valence-electron chi connectivity index (χ3n) is 1.96. The van der Waals surface area contributed by atoms with Crippen LogP contribution in [0, 0.1) is 11.3 Å². The molecular weight excluding hydrogens is 176 g/mol. The second-order valence-corrected chi connectivity index (χ2v) is 2.77. The fourth-order valence-electron chi connectivity index (χ4n) is 1.13. The Morgan fingerprint density at radius 3 is 2.71 bits per heavy atom. The number of aliphatic imine (C=N–C) groups is 1. The second-order valence-electron chi connectivity index (χ2n) is 2.77. The number of nitrogens with zero attached hydrogens (tertiary/aromatic N) is 3. The highest BCUT2D eigenvalue weighted by atomic mass is 15.2. The standard InChI is InChI=1S/C10H12N4/c1-13-10(12)14(2)9-6-4-3-5-8(9)7-11/h3-6H,1-2H3,(H2,12,13). The molecule has 0 saturated carbocycles. The maximum absolute atomic E-state index is 8.86. The van der Waals surface area contributed by atoms with E-state index in [9.17, 15) is 0 Å². The van der Waals surface area contributed by atoms with Gasteiger partial charge >= 0.3 is 0 Å². The van der Waals surface area contributed by atoms with Crippen molar-refractivity contribution in [3.63, 3.8) is 0 Å². The molecule has 0 atom stereocenters. The van der Waals surface area contributed by atoms with Crippen molar-refractivity contribution in [2.75, 3.05) is 19.0 Å². The van der Waals surface area contributed by atoms with E-state index in [1.54, 1.807) is 25.1 Å². The van der Waals surface area contributed by atoms with Gasteiger partial charge < -0.3 is 10.6 Å². The molecule has 0 aliphatic rings. The first-order valence-electron chi connectivity index (χ1n) is 4.15. The summed E-state index contributed by atoms with van der Waals surface area (Å²) in [6.45, 7) is 0. The fraction of sp³-hybridized carbons (Fsp3) is 0.200. The van der Waals surface area contributed by atoms with Crippen molar-refractivity contribution >= 4 is 11.6 Å². The number of para-hydroxylation sites is 1. The average molecular weight is 188 g/mol. The molecular formula is C10H12N4. The molecule has 1 aromatic rings. The third kappa shape index (κ3) is 1.83. The summed E-state index contributed by atoms with van der Waals surface area (Å²) in [4.78, 5) is 5.53. The fourth-order valence-corrected chi connectivity index (χ4v) is 1.13. The van der Waals surface area contributed by atoms with Crippen LogP contribution >= 0.6 is 0 Å². The predicted octanol–water partition coefficient (Wildman–Crippen LogP) is 0.939. The van der Waals surface area contributed by atoms with Crippen LogP contribution in [0.4, 0.5) is 5.69 Å². The Bertz CT molecular complexity index is 389. The molecule has 4 heteroatoms. The number of anilines is 1. The predicted molar refractivity (Wildman–Crippen MR) is 57.1 cm³/mol. The van der Waals surface area contributed by atoms with Crippen LogP contribution in [0.3, 0.4) is 0 Å². The molecule has 72 valence electrons. The van der Waals surface area contributed by atoms with Crippen LogP contribution in [0.15, 0.2) is 29.3 Å². The summed E-state index contributed by atoms with van der Waals surface area (Å²) in [7, 11) is 3.39. The number of benzene rings is 1. The molecule has 0 aromatic heterocycles. The first-order chi connectivity index (χ1) is 6.70. The molecule has 0 fully saturated rings. The molecule has 0 bridgehead atoms. The number of nitrogens with two attached hydrogens (primary N) is 1. The summed E-state index contributed by atoms with van der Waals surface area (Å²) in [5, 5.41) is 8.86. The van der Waals surface area contributed by atoms with Crippen molar-refractivity contribution in [2.24, 2.45) is 10.7 Å². The topological polar surface area (TPSA) is 65.4 Å². The van der Waals surface area contributed by atoms with Gasteiger partial charge in [0.15, 0.2) is 5.96 Å². The Hall–Kier alpha value is -2.02. The normalized spacial score (nSPS) is 10.8. The van der Waals surface area contributed by atoms with Gasteiger partial charge in [-0.1, -0.05) is 12.1 Å². The van der Waals surface area contributed by atoms with E-state index >= 15 is 0 Å². The molecule has 1 aromatic carbocycles. The van der Waals surface area contributed by atoms with Crippen molar-refractivity contribution in [1.82, 2.24) is 0 Å². The average Bonchev–Trinajstić information content (AvgIpc) is 2.26. The van der Waals surface area contributed by atoms with Crippen LogP contribution < -0.4 is 10.6 Å². The summed E-state index contributed by atoms with van der Waals surface area (Å²) in [6, 6.07) is 9.35. The molecule has 4 nitrogen and oxygen atoms in total. The van der Waals surface area contributed by atoms with Gasteiger partial charge in [0.05, 0.1) is 11.3 Å². The van der Waals surface area contributed by atoms with E-state index in [2.05, 4.69) is 11.1 Å². The van der Waals surface area contributed by atoms with Crippen LogP contribution in [0.5, 0.6) is 0 Å². The smallest absolute Gasteiger partial charge is 0.195 e. The first-order valence-corrected chi connectivity index (χ1v) is 4.15. The summed E-state index contributed by atoms with van der Waals surface area (Å²) in [6.07, 6.45) is 0. The molecule has 0 aliphatic carbocycles. The molecule has 0 amide bonds. The lowest BCUT2D eigenvalue weighted by molar-refractivity contribution is 1.19. The largest absolute Gasteiger partial charge is 0.370 e. The zero-order chi connectivity index (χ0) is 10.6. The summed E-state index contributed by atoms with van der Waals surface area (Å²) >= 11 is 0. The lowest BCUT2D eigenvalue weighted by Crippen LogP contribution is -2.34. The molecule has 1 rings (SSSR count). The van der Waals surface area contributed by atoms with Gasteiger partial charge in [-0.3, -0.25) is 4.99 Å². The molecule has 0 saturated heterocycles. The maximum Gasteiger partial charge on any atom is 0.195 e. The molecule has 0 spiro atoms. The quantitative estimate of drug-likeness (QED) is 0.527. The number of nitriles is 1. The molecule has 14 heavy (non-hydrogen) atoms. The van der Waals surface area contributed by atoms with E-state index < -0.39 is 0 Å². The lowest BCUT2D eigenvalue weighted by Gasteiger charge is -2.18. The van der Waals surface area contributed by atoms with Crippen molar-refractivity contribution in [3.8, 4) is 6.07 Å². The Morgan fingerprint density at radius 2 is 2.14 bits per heavy atom. The van der Waals surface area contributed by atoms with Crippen molar-refractivity contribution in [1.29, 1.82) is 5.26 Å². The zero-order valence-corrected chi connectivity index (χ0v) is 8.23. The minimum atomic E-state index is 0.382. The van der Waals surface area contributed by atoms with E-state index in [0.29, 0.717) is 11.5 Å². The SMILES string of the molecule is CN=C(N)N(C)c1ccccc1C#N. The highest BCUT2D eigenvalue weighted by molar-refractivity contribution is 5.95. The van der Waals surface area contributed by atoms with Crippen molar-refractivity contribution in [3.05, 3.63) is 29.8 Å². The van der Waals surface area contributed by atoms with Gasteiger partial charge in [0.25, 0.3) is 0 Å². The van der Waals surface area contributed by atoms with E-state index in [1.165, 1.54) is 0 Å². The van der Waals surface area contributed by atoms with Crippen LogP contribution in [0.25, 0.3) is 0 Å². The van der Waals surface area contributed by atoms with Crippen LogP contribution in [0.2, 0.25) is 0 Å². The summed E-state index contributed by atoms with van der Waals surface area (Å²) in [5.74, 6) is 0.382. The van der Waals surface area contributed by atoms with Crippen LogP contribution in [0.1, 0.15) is 5.56 Å². The molecule has 0 heterocycles. The Balaban J connectivity index is 3.14. The third-order valence-corrected chi connectivity index (χ3v) is 1.96. The molecule has 2 N–H and O–H groups in total. The Kier molecular flexibility index (Phi) is 3.08. The number of hydrogen-bond donors (Lipinski definition) is 1. The van der Waals surface area contributed by atoms with Gasteiger partial charge in [-0.2, -0.15) is 5.26 Å². The van der Waals surface area contributed by atoms with Gasteiger partial charge in [-0.15, -0.1) is 0 Å². The minimum Gasteiger partial charge on any atom is -0.370 e. The van der Waals surface area contributed by atoms with Gasteiger partial charge in [-0.05, 0) is 12.1 Å².